The maximum atomic E-state index is 12.6. The largest absolute Gasteiger partial charge is 0.465 e. The van der Waals surface area contributed by atoms with Gasteiger partial charge in [0.05, 0.1) is 50.7 Å². The number of fused-ring (bicyclic) bond motifs is 1. The highest BCUT2D eigenvalue weighted by molar-refractivity contribution is 6.24. The Bertz CT molecular complexity index is 923. The van der Waals surface area contributed by atoms with Gasteiger partial charge in [-0.1, -0.05) is 12.1 Å². The van der Waals surface area contributed by atoms with Gasteiger partial charge in [-0.15, -0.1) is 0 Å². The molecule has 0 amide bonds. The molecule has 0 aliphatic rings. The van der Waals surface area contributed by atoms with E-state index in [4.69, 9.17) is 18.9 Å². The molecule has 2 rings (SSSR count). The number of aryl methyl sites for hydroxylation is 2. The van der Waals surface area contributed by atoms with Crippen LogP contribution >= 0.6 is 0 Å². The number of ether oxygens (including phenoxy) is 4. The lowest BCUT2D eigenvalue weighted by molar-refractivity contribution is 0.0523. The predicted molar refractivity (Wildman–Crippen MR) is 98.8 cm³/mol. The summed E-state index contributed by atoms with van der Waals surface area (Å²) in [5.74, 6) is -3.72. The third kappa shape index (κ3) is 3.28. The number of methoxy groups -OCH3 is 4. The third-order valence-corrected chi connectivity index (χ3v) is 4.48. The minimum atomic E-state index is -0.994. The first-order chi connectivity index (χ1) is 13.2. The van der Waals surface area contributed by atoms with Gasteiger partial charge in [-0.2, -0.15) is 0 Å². The summed E-state index contributed by atoms with van der Waals surface area (Å²) < 4.78 is 19.2. The summed E-state index contributed by atoms with van der Waals surface area (Å²) in [6.45, 7) is 3.61. The number of hydrogen-bond donors (Lipinski definition) is 0. The lowest BCUT2D eigenvalue weighted by Crippen LogP contribution is -2.23. The van der Waals surface area contributed by atoms with E-state index >= 15 is 0 Å². The molecule has 0 saturated carbocycles. The molecule has 0 fully saturated rings. The number of benzene rings is 2. The standard InChI is InChI=1S/C20H20O8/c1-9-7-11-12(8-10(9)2)14(18(22)26-4)16(20(24)28-6)15(19(23)27-5)13(11)17(21)25-3/h7-8H,1-6H3. The second-order valence-corrected chi connectivity index (χ2v) is 5.95. The van der Waals surface area contributed by atoms with Gasteiger partial charge in [-0.3, -0.25) is 0 Å². The van der Waals surface area contributed by atoms with Crippen molar-refractivity contribution in [1.29, 1.82) is 0 Å². The van der Waals surface area contributed by atoms with Gasteiger partial charge < -0.3 is 18.9 Å². The summed E-state index contributed by atoms with van der Waals surface area (Å²) in [6, 6.07) is 3.27. The number of carbonyl (C=O) groups excluding carboxylic acids is 4. The van der Waals surface area contributed by atoms with Crippen molar-refractivity contribution in [1.82, 2.24) is 0 Å². The molecule has 0 saturated heterocycles. The molecule has 0 radical (unpaired) electrons. The second-order valence-electron chi connectivity index (χ2n) is 5.95. The Morgan fingerprint density at radius 2 is 0.786 bits per heavy atom. The van der Waals surface area contributed by atoms with E-state index < -0.39 is 35.0 Å². The van der Waals surface area contributed by atoms with Gasteiger partial charge in [0, 0.05) is 0 Å². The zero-order chi connectivity index (χ0) is 21.2. The fourth-order valence-electron chi connectivity index (χ4n) is 2.99. The van der Waals surface area contributed by atoms with Crippen LogP contribution in [0, 0.1) is 13.8 Å². The van der Waals surface area contributed by atoms with Gasteiger partial charge in [0.15, 0.2) is 0 Å². The molecule has 148 valence electrons. The number of esters is 4. The van der Waals surface area contributed by atoms with Crippen LogP contribution in [-0.4, -0.2) is 52.3 Å². The molecule has 2 aromatic carbocycles. The minimum Gasteiger partial charge on any atom is -0.465 e. The molecular formula is C20H20O8. The number of carbonyl (C=O) groups is 4. The van der Waals surface area contributed by atoms with Crippen LogP contribution in [-0.2, 0) is 18.9 Å². The second kappa shape index (κ2) is 8.08. The van der Waals surface area contributed by atoms with Crippen molar-refractivity contribution in [3.8, 4) is 0 Å². The molecule has 8 nitrogen and oxygen atoms in total. The fraction of sp³-hybridized carbons (Fsp3) is 0.300. The highest BCUT2D eigenvalue weighted by atomic mass is 16.5. The average molecular weight is 388 g/mol. The molecule has 0 aliphatic carbocycles. The van der Waals surface area contributed by atoms with Gasteiger partial charge in [-0.25, -0.2) is 19.2 Å². The normalized spacial score (nSPS) is 10.4. The van der Waals surface area contributed by atoms with E-state index in [9.17, 15) is 19.2 Å². The number of rotatable bonds is 4. The zero-order valence-corrected chi connectivity index (χ0v) is 16.4. The molecule has 8 heteroatoms. The van der Waals surface area contributed by atoms with Crippen LogP contribution in [0.3, 0.4) is 0 Å². The van der Waals surface area contributed by atoms with E-state index in [-0.39, 0.29) is 21.9 Å². The quantitative estimate of drug-likeness (QED) is 0.581. The molecular weight excluding hydrogens is 368 g/mol. The molecule has 0 unspecified atom stereocenters. The Kier molecular flexibility index (Phi) is 6.03. The van der Waals surface area contributed by atoms with Gasteiger partial charge in [0.1, 0.15) is 0 Å². The Morgan fingerprint density at radius 3 is 1.04 bits per heavy atom. The monoisotopic (exact) mass is 388 g/mol. The van der Waals surface area contributed by atoms with Crippen molar-refractivity contribution in [2.24, 2.45) is 0 Å². The summed E-state index contributed by atoms with van der Waals surface area (Å²) in [4.78, 5) is 50.3. The summed E-state index contributed by atoms with van der Waals surface area (Å²) >= 11 is 0. The first kappa shape index (κ1) is 20.9. The van der Waals surface area contributed by atoms with E-state index in [1.807, 2.05) is 0 Å². The van der Waals surface area contributed by atoms with E-state index in [0.29, 0.717) is 0 Å². The van der Waals surface area contributed by atoms with Crippen molar-refractivity contribution >= 4 is 34.6 Å². The van der Waals surface area contributed by atoms with Gasteiger partial charge >= 0.3 is 23.9 Å². The smallest absolute Gasteiger partial charge is 0.339 e. The van der Waals surface area contributed by atoms with Crippen LogP contribution in [0.15, 0.2) is 12.1 Å². The van der Waals surface area contributed by atoms with E-state index in [1.165, 1.54) is 0 Å². The molecule has 0 atom stereocenters. The Hall–Kier alpha value is -3.42. The van der Waals surface area contributed by atoms with Crippen LogP contribution < -0.4 is 0 Å². The highest BCUT2D eigenvalue weighted by Crippen LogP contribution is 2.35. The van der Waals surface area contributed by atoms with Crippen LogP contribution in [0.25, 0.3) is 10.8 Å². The first-order valence-corrected chi connectivity index (χ1v) is 8.17. The predicted octanol–water partition coefficient (Wildman–Crippen LogP) is 2.60. The van der Waals surface area contributed by atoms with Gasteiger partial charge in [0.25, 0.3) is 0 Å². The van der Waals surface area contributed by atoms with E-state index in [2.05, 4.69) is 0 Å². The summed E-state index contributed by atoms with van der Waals surface area (Å²) in [7, 11) is 4.46. The lowest BCUT2D eigenvalue weighted by atomic mass is 9.86. The first-order valence-electron chi connectivity index (χ1n) is 8.17. The van der Waals surface area contributed by atoms with Crippen molar-refractivity contribution < 1.29 is 38.1 Å². The third-order valence-electron chi connectivity index (χ3n) is 4.48. The number of hydrogen-bond acceptors (Lipinski definition) is 8. The molecule has 2 aromatic rings. The molecule has 0 bridgehead atoms. The van der Waals surface area contributed by atoms with Gasteiger partial charge in [0.2, 0.25) is 0 Å². The molecule has 28 heavy (non-hydrogen) atoms. The van der Waals surface area contributed by atoms with Crippen molar-refractivity contribution in [3.63, 3.8) is 0 Å². The van der Waals surface area contributed by atoms with E-state index in [0.717, 1.165) is 39.6 Å². The summed E-state index contributed by atoms with van der Waals surface area (Å²) in [6.07, 6.45) is 0. The Balaban J connectivity index is 3.29. The Morgan fingerprint density at radius 1 is 0.536 bits per heavy atom. The van der Waals surface area contributed by atoms with E-state index in [1.54, 1.807) is 26.0 Å². The van der Waals surface area contributed by atoms with Gasteiger partial charge in [-0.05, 0) is 35.7 Å². The van der Waals surface area contributed by atoms with Crippen molar-refractivity contribution in [3.05, 3.63) is 45.5 Å². The molecule has 0 aromatic heterocycles. The van der Waals surface area contributed by atoms with Crippen LogP contribution in [0.1, 0.15) is 52.6 Å². The lowest BCUT2D eigenvalue weighted by Gasteiger charge is -2.19. The van der Waals surface area contributed by atoms with Crippen molar-refractivity contribution in [2.75, 3.05) is 28.4 Å². The maximum absolute atomic E-state index is 12.6. The molecule has 0 spiro atoms. The SMILES string of the molecule is COC(=O)c1c(C(=O)OC)c(C(=O)OC)c2cc(C)c(C)cc2c1C(=O)OC. The Labute approximate surface area is 161 Å². The minimum absolute atomic E-state index is 0.194. The summed E-state index contributed by atoms with van der Waals surface area (Å²) in [5.41, 5.74) is 0.376. The highest BCUT2D eigenvalue weighted by Gasteiger charge is 2.35. The van der Waals surface area contributed by atoms with Crippen molar-refractivity contribution in [2.45, 2.75) is 13.8 Å². The maximum Gasteiger partial charge on any atom is 0.339 e. The molecule has 0 aliphatic heterocycles. The van der Waals surface area contributed by atoms with Crippen LogP contribution in [0.5, 0.6) is 0 Å². The average Bonchev–Trinajstić information content (AvgIpc) is 2.70. The zero-order valence-electron chi connectivity index (χ0n) is 16.4. The van der Waals surface area contributed by atoms with Crippen LogP contribution in [0.2, 0.25) is 0 Å². The fourth-order valence-corrected chi connectivity index (χ4v) is 2.99. The van der Waals surface area contributed by atoms with Crippen LogP contribution in [0.4, 0.5) is 0 Å². The molecule has 0 heterocycles. The summed E-state index contributed by atoms with van der Waals surface area (Å²) in [5, 5.41) is 0.506. The molecule has 0 N–H and O–H groups in total. The topological polar surface area (TPSA) is 105 Å².